The van der Waals surface area contributed by atoms with Gasteiger partial charge < -0.3 is 41.3 Å². The number of anilines is 1. The first-order valence-corrected chi connectivity index (χ1v) is 19.3. The molecule has 0 aliphatic heterocycles. The molecule has 0 saturated carbocycles. The van der Waals surface area contributed by atoms with Gasteiger partial charge in [0, 0.05) is 55.9 Å². The average molecular weight is 780 g/mol. The number of benzene rings is 4. The molecule has 0 saturated heterocycles. The molecule has 8 N–H and O–H groups in total. The Morgan fingerprint density at radius 2 is 1.64 bits per heavy atom. The number of nitrogen functional groups attached to an aromatic ring is 1. The number of hydrogen-bond acceptors (Lipinski definition) is 9. The lowest BCUT2D eigenvalue weighted by molar-refractivity contribution is -0.135. The molecule has 0 fully saturated rings. The van der Waals surface area contributed by atoms with Crippen LogP contribution in [0.5, 0.6) is 5.75 Å². The van der Waals surface area contributed by atoms with Gasteiger partial charge in [0.2, 0.25) is 17.7 Å². The fourth-order valence-corrected chi connectivity index (χ4v) is 7.94. The molecular formula is C45H49N9O4. The first-order chi connectivity index (χ1) is 27.9. The molecule has 0 aliphatic carbocycles. The van der Waals surface area contributed by atoms with E-state index >= 15 is 0 Å². The lowest BCUT2D eigenvalue weighted by atomic mass is 9.75. The van der Waals surface area contributed by atoms with Gasteiger partial charge in [0.25, 0.3) is 0 Å². The van der Waals surface area contributed by atoms with E-state index in [1.165, 1.54) is 0 Å². The number of aromatic hydroxyl groups is 1. The van der Waals surface area contributed by atoms with Crippen LogP contribution >= 0.6 is 0 Å². The van der Waals surface area contributed by atoms with E-state index in [0.29, 0.717) is 37.6 Å². The maximum atomic E-state index is 14.9. The molecule has 298 valence electrons. The smallest absolute Gasteiger partial charge is 0.249 e. The van der Waals surface area contributed by atoms with Gasteiger partial charge in [0.15, 0.2) is 11.8 Å². The average Bonchev–Trinajstić information content (AvgIpc) is 3.93. The summed E-state index contributed by atoms with van der Waals surface area (Å²) in [6.45, 7) is 4.10. The van der Waals surface area contributed by atoms with Gasteiger partial charge in [-0.1, -0.05) is 78.0 Å². The molecule has 3 aromatic heterocycles. The highest BCUT2D eigenvalue weighted by atomic mass is 16.5. The standard InChI is InChI=1S/C45H49N9O4/c1-28-22-34(55)23-29(2)36(28)26-37(45(48,43(46)57)18-9-20-54-21-19-49-44(54)47)41(56)50-38(25-33-27-53(3)39-13-8-7-12-35(33)39)42-51-40(52-58-42)24-30-14-16-32(17-15-30)31-10-5-4-6-11-31/h4-8,10-17,19,21-23,27,37-38,55H,9,18,20,24-26,48H2,1-3H3,(H2,46,57)(H2,47,49)(H,50,56)/t37-,38+,45?/m1/s1. The van der Waals surface area contributed by atoms with Crippen molar-refractivity contribution in [3.05, 3.63) is 149 Å². The van der Waals surface area contributed by atoms with Crippen LogP contribution in [0.15, 0.2) is 114 Å². The Morgan fingerprint density at radius 3 is 2.33 bits per heavy atom. The summed E-state index contributed by atoms with van der Waals surface area (Å²) in [6, 6.07) is 28.8. The molecule has 0 radical (unpaired) electrons. The molecule has 13 heteroatoms. The molecule has 3 atom stereocenters. The van der Waals surface area contributed by atoms with Crippen molar-refractivity contribution >= 4 is 28.7 Å². The molecule has 1 unspecified atom stereocenters. The van der Waals surface area contributed by atoms with Crippen molar-refractivity contribution in [2.75, 3.05) is 5.73 Å². The number of nitrogens with two attached hydrogens (primary N) is 3. The Kier molecular flexibility index (Phi) is 11.4. The van der Waals surface area contributed by atoms with Gasteiger partial charge in [0.1, 0.15) is 17.3 Å². The minimum absolute atomic E-state index is 0.0749. The number of carbonyl (C=O) groups excluding carboxylic acids is 2. The minimum Gasteiger partial charge on any atom is -0.508 e. The Bertz CT molecular complexity index is 2520. The molecule has 0 spiro atoms. The number of fused-ring (bicyclic) bond motifs is 1. The zero-order chi connectivity index (χ0) is 41.0. The normalized spacial score (nSPS) is 13.6. The molecule has 7 aromatic rings. The fraction of sp³-hybridized carbons (Fsp3) is 0.267. The van der Waals surface area contributed by atoms with Gasteiger partial charge in [-0.25, -0.2) is 4.98 Å². The monoisotopic (exact) mass is 779 g/mol. The summed E-state index contributed by atoms with van der Waals surface area (Å²) in [7, 11) is 1.97. The predicted octanol–water partition coefficient (Wildman–Crippen LogP) is 5.84. The summed E-state index contributed by atoms with van der Waals surface area (Å²) in [5.74, 6) is -1.36. The van der Waals surface area contributed by atoms with Crippen LogP contribution in [0.2, 0.25) is 0 Å². The lowest BCUT2D eigenvalue weighted by Crippen LogP contribution is -2.62. The van der Waals surface area contributed by atoms with E-state index in [-0.39, 0.29) is 24.5 Å². The van der Waals surface area contributed by atoms with E-state index in [0.717, 1.165) is 49.8 Å². The van der Waals surface area contributed by atoms with Crippen molar-refractivity contribution in [1.82, 2.24) is 29.6 Å². The maximum absolute atomic E-state index is 14.9. The van der Waals surface area contributed by atoms with Gasteiger partial charge in [-0.2, -0.15) is 4.98 Å². The molecule has 0 aliphatic rings. The van der Waals surface area contributed by atoms with E-state index in [1.54, 1.807) is 29.1 Å². The number of phenols is 1. The first-order valence-electron chi connectivity index (χ1n) is 19.3. The Balaban J connectivity index is 1.22. The largest absolute Gasteiger partial charge is 0.508 e. The number of hydrogen-bond donors (Lipinski definition) is 5. The Morgan fingerprint density at radius 1 is 0.948 bits per heavy atom. The second-order valence-electron chi connectivity index (χ2n) is 15.1. The van der Waals surface area contributed by atoms with E-state index in [1.807, 2.05) is 86.3 Å². The van der Waals surface area contributed by atoms with Crippen LogP contribution in [0.3, 0.4) is 0 Å². The van der Waals surface area contributed by atoms with Crippen LogP contribution in [0.4, 0.5) is 5.95 Å². The summed E-state index contributed by atoms with van der Waals surface area (Å²) in [6.07, 6.45) is 6.60. The number of imidazole rings is 1. The third kappa shape index (κ3) is 8.49. The molecule has 2 amide bonds. The van der Waals surface area contributed by atoms with E-state index in [4.69, 9.17) is 26.7 Å². The van der Waals surface area contributed by atoms with E-state index < -0.39 is 29.3 Å². The molecular weight excluding hydrogens is 731 g/mol. The summed E-state index contributed by atoms with van der Waals surface area (Å²) in [5, 5.41) is 18.9. The number of nitrogens with zero attached hydrogens (tertiary/aromatic N) is 5. The van der Waals surface area contributed by atoms with Crippen LogP contribution in [0, 0.1) is 19.8 Å². The number of nitrogens with one attached hydrogen (secondary N) is 1. The molecule has 4 aromatic carbocycles. The number of rotatable bonds is 16. The maximum Gasteiger partial charge on any atom is 0.249 e. The van der Waals surface area contributed by atoms with Crippen molar-refractivity contribution in [2.45, 2.75) is 64.1 Å². The van der Waals surface area contributed by atoms with Crippen LogP contribution < -0.4 is 22.5 Å². The van der Waals surface area contributed by atoms with Crippen LogP contribution in [-0.2, 0) is 42.4 Å². The van der Waals surface area contributed by atoms with Crippen molar-refractivity contribution in [3.8, 4) is 16.9 Å². The predicted molar refractivity (Wildman–Crippen MR) is 223 cm³/mol. The molecule has 0 bridgehead atoms. The number of aromatic nitrogens is 5. The number of carbonyl (C=O) groups is 2. The molecule has 58 heavy (non-hydrogen) atoms. The zero-order valence-electron chi connectivity index (χ0n) is 32.9. The highest BCUT2D eigenvalue weighted by molar-refractivity contribution is 5.93. The number of para-hydroxylation sites is 1. The van der Waals surface area contributed by atoms with Crippen molar-refractivity contribution < 1.29 is 19.2 Å². The number of amides is 2. The van der Waals surface area contributed by atoms with Crippen LogP contribution in [0.1, 0.15) is 58.4 Å². The third-order valence-corrected chi connectivity index (χ3v) is 11.1. The third-order valence-electron chi connectivity index (χ3n) is 11.1. The minimum atomic E-state index is -1.79. The summed E-state index contributed by atoms with van der Waals surface area (Å²) >= 11 is 0. The lowest BCUT2D eigenvalue weighted by Gasteiger charge is -2.35. The van der Waals surface area contributed by atoms with Gasteiger partial charge >= 0.3 is 0 Å². The van der Waals surface area contributed by atoms with Crippen LogP contribution in [0.25, 0.3) is 22.0 Å². The zero-order valence-corrected chi connectivity index (χ0v) is 32.9. The Hall–Kier alpha value is -6.73. The van der Waals surface area contributed by atoms with Gasteiger partial charge in [0.05, 0.1) is 5.92 Å². The molecule has 7 rings (SSSR count). The van der Waals surface area contributed by atoms with Gasteiger partial charge in [-0.15, -0.1) is 0 Å². The van der Waals surface area contributed by atoms with Crippen LogP contribution in [-0.4, -0.2) is 46.7 Å². The Labute approximate surface area is 336 Å². The van der Waals surface area contributed by atoms with E-state index in [9.17, 15) is 14.7 Å². The van der Waals surface area contributed by atoms with Crippen molar-refractivity contribution in [2.24, 2.45) is 24.4 Å². The summed E-state index contributed by atoms with van der Waals surface area (Å²) in [4.78, 5) is 37.3. The van der Waals surface area contributed by atoms with Crippen molar-refractivity contribution in [3.63, 3.8) is 0 Å². The van der Waals surface area contributed by atoms with Gasteiger partial charge in [-0.05, 0) is 90.3 Å². The quantitative estimate of drug-likeness (QED) is 0.0798. The topological polar surface area (TPSA) is 206 Å². The second-order valence-corrected chi connectivity index (χ2v) is 15.1. The van der Waals surface area contributed by atoms with Gasteiger partial charge in [-0.3, -0.25) is 9.59 Å². The second kappa shape index (κ2) is 16.8. The summed E-state index contributed by atoms with van der Waals surface area (Å²) in [5.41, 5.74) is 24.8. The summed E-state index contributed by atoms with van der Waals surface area (Å²) < 4.78 is 9.71. The fourth-order valence-electron chi connectivity index (χ4n) is 7.94. The number of phenolic OH excluding ortho intramolecular Hbond substituents is 1. The highest BCUT2D eigenvalue weighted by Gasteiger charge is 2.45. The molecule has 13 nitrogen and oxygen atoms in total. The first kappa shape index (κ1) is 39.5. The SMILES string of the molecule is Cc1cc(O)cc(C)c1C[C@H](C(=O)N[C@@H](Cc1cn(C)c2ccccc12)c1nc(Cc2ccc(-c3ccccc3)cc2)no1)C(N)(CCCn1ccnc1N)C(N)=O. The number of aryl methyl sites for hydroxylation is 4. The molecule has 3 heterocycles. The van der Waals surface area contributed by atoms with Crippen molar-refractivity contribution in [1.29, 1.82) is 0 Å². The number of primary amides is 1. The van der Waals surface area contributed by atoms with E-state index in [2.05, 4.69) is 39.7 Å². The highest BCUT2D eigenvalue weighted by Crippen LogP contribution is 2.32.